The summed E-state index contributed by atoms with van der Waals surface area (Å²) in [6, 6.07) is 13.7. The molecule has 90 valence electrons. The third kappa shape index (κ3) is 4.22. The second kappa shape index (κ2) is 7.80. The van der Waals surface area contributed by atoms with Gasteiger partial charge < -0.3 is 0 Å². The summed E-state index contributed by atoms with van der Waals surface area (Å²) >= 11 is 0. The first-order chi connectivity index (χ1) is 8.81. The van der Waals surface area contributed by atoms with E-state index < -0.39 is 0 Å². The van der Waals surface area contributed by atoms with Gasteiger partial charge >= 0.3 is 0 Å². The van der Waals surface area contributed by atoms with Crippen LogP contribution in [0.2, 0.25) is 0 Å². The van der Waals surface area contributed by atoms with E-state index in [9.17, 15) is 0 Å². The molecular weight excluding hydrogens is 218 g/mol. The molecule has 0 saturated carbocycles. The highest BCUT2D eigenvalue weighted by atomic mass is 14.6. The van der Waals surface area contributed by atoms with Gasteiger partial charge in [0.05, 0.1) is 5.69 Å². The highest BCUT2D eigenvalue weighted by Gasteiger charge is 1.89. The largest absolute Gasteiger partial charge is 0.257 e. The molecule has 0 bridgehead atoms. The van der Waals surface area contributed by atoms with Crippen molar-refractivity contribution in [2.75, 3.05) is 0 Å². The number of pyridine rings is 1. The maximum atomic E-state index is 3.98. The zero-order valence-corrected chi connectivity index (χ0v) is 10.4. The zero-order valence-electron chi connectivity index (χ0n) is 10.4. The van der Waals surface area contributed by atoms with Gasteiger partial charge in [-0.25, -0.2) is 0 Å². The predicted octanol–water partition coefficient (Wildman–Crippen LogP) is 4.70. The minimum absolute atomic E-state index is 0.924. The molecule has 0 atom stereocenters. The van der Waals surface area contributed by atoms with Gasteiger partial charge in [-0.05, 0) is 29.3 Å². The van der Waals surface area contributed by atoms with Crippen LogP contribution in [0.5, 0.6) is 0 Å². The first kappa shape index (κ1) is 13.7. The third-order valence-electron chi connectivity index (χ3n) is 2.33. The van der Waals surface area contributed by atoms with Crippen molar-refractivity contribution in [2.24, 2.45) is 0 Å². The van der Waals surface area contributed by atoms with E-state index in [1.54, 1.807) is 12.3 Å². The Hall–Kier alpha value is -2.41. The fraction of sp³-hybridized carbons (Fsp3) is 0. The molecule has 1 heterocycles. The van der Waals surface area contributed by atoms with Crippen LogP contribution in [0.4, 0.5) is 0 Å². The smallest absolute Gasteiger partial charge is 0.0623 e. The lowest BCUT2D eigenvalue weighted by atomic mass is 10.1. The average molecular weight is 235 g/mol. The van der Waals surface area contributed by atoms with Gasteiger partial charge in [0.15, 0.2) is 0 Å². The van der Waals surface area contributed by atoms with Crippen molar-refractivity contribution in [3.05, 3.63) is 85.2 Å². The Morgan fingerprint density at radius 1 is 0.722 bits per heavy atom. The van der Waals surface area contributed by atoms with Crippen molar-refractivity contribution in [1.29, 1.82) is 0 Å². The van der Waals surface area contributed by atoms with Crippen LogP contribution < -0.4 is 0 Å². The zero-order chi connectivity index (χ0) is 13.2. The van der Waals surface area contributed by atoms with Crippen LogP contribution in [0, 0.1) is 0 Å². The lowest BCUT2D eigenvalue weighted by Gasteiger charge is -1.96. The number of aromatic nitrogens is 1. The Morgan fingerprint density at radius 2 is 1.28 bits per heavy atom. The topological polar surface area (TPSA) is 12.9 Å². The van der Waals surface area contributed by atoms with Crippen LogP contribution in [-0.2, 0) is 0 Å². The van der Waals surface area contributed by atoms with Crippen LogP contribution >= 0.6 is 0 Å². The molecule has 0 N–H and O–H groups in total. The van der Waals surface area contributed by atoms with E-state index in [1.165, 1.54) is 0 Å². The molecule has 1 nitrogen and oxygen atoms in total. The van der Waals surface area contributed by atoms with E-state index in [1.807, 2.05) is 54.6 Å². The lowest BCUT2D eigenvalue weighted by molar-refractivity contribution is 1.30. The van der Waals surface area contributed by atoms with E-state index in [4.69, 9.17) is 0 Å². The van der Waals surface area contributed by atoms with Gasteiger partial charge in [-0.3, -0.25) is 4.98 Å². The number of rotatable bonds is 3. The first-order valence-electron chi connectivity index (χ1n) is 5.69. The second-order valence-electron chi connectivity index (χ2n) is 3.50. The van der Waals surface area contributed by atoms with Crippen LogP contribution in [-0.4, -0.2) is 4.98 Å². The molecule has 0 fully saturated rings. The first-order valence-corrected chi connectivity index (χ1v) is 5.69. The van der Waals surface area contributed by atoms with E-state index >= 15 is 0 Å². The van der Waals surface area contributed by atoms with E-state index in [-0.39, 0.29) is 0 Å². The molecule has 1 aromatic carbocycles. The number of hydrogen-bond acceptors (Lipinski definition) is 1. The summed E-state index contributed by atoms with van der Waals surface area (Å²) in [6.07, 6.45) is 7.13. The van der Waals surface area contributed by atoms with Crippen molar-refractivity contribution in [1.82, 2.24) is 4.98 Å². The number of nitrogens with zero attached hydrogens (tertiary/aromatic N) is 1. The molecule has 0 unspecified atom stereocenters. The molecule has 2 aromatic rings. The van der Waals surface area contributed by atoms with E-state index in [0.717, 1.165) is 16.8 Å². The number of hydrogen-bond donors (Lipinski definition) is 0. The summed E-state index contributed by atoms with van der Waals surface area (Å²) < 4.78 is 0. The summed E-state index contributed by atoms with van der Waals surface area (Å²) in [4.78, 5) is 3.98. The molecule has 18 heavy (non-hydrogen) atoms. The van der Waals surface area contributed by atoms with Gasteiger partial charge in [0, 0.05) is 6.20 Å². The van der Waals surface area contributed by atoms with Gasteiger partial charge in [0.1, 0.15) is 0 Å². The summed E-state index contributed by atoms with van der Waals surface area (Å²) in [6.45, 7) is 11.0. The summed E-state index contributed by atoms with van der Waals surface area (Å²) in [5.41, 5.74) is 3.20. The summed E-state index contributed by atoms with van der Waals surface area (Å²) in [7, 11) is 0. The Kier molecular flexibility index (Phi) is 5.91. The molecule has 0 spiro atoms. The summed E-state index contributed by atoms with van der Waals surface area (Å²) in [5.74, 6) is 0. The second-order valence-corrected chi connectivity index (χ2v) is 3.50. The van der Waals surface area contributed by atoms with Gasteiger partial charge in [-0.2, -0.15) is 0 Å². The maximum Gasteiger partial charge on any atom is 0.0623 e. The van der Waals surface area contributed by atoms with E-state index in [0.29, 0.717) is 0 Å². The minimum atomic E-state index is 0.924. The molecule has 0 radical (unpaired) electrons. The van der Waals surface area contributed by atoms with Crippen LogP contribution in [0.1, 0.15) is 16.8 Å². The molecule has 1 heteroatoms. The van der Waals surface area contributed by atoms with Crippen molar-refractivity contribution in [2.45, 2.75) is 0 Å². The molecule has 0 aliphatic heterocycles. The van der Waals surface area contributed by atoms with Gasteiger partial charge in [0.2, 0.25) is 0 Å². The minimum Gasteiger partial charge on any atom is -0.257 e. The van der Waals surface area contributed by atoms with Crippen LogP contribution in [0.15, 0.2) is 68.4 Å². The Balaban J connectivity index is 0.000000184. The highest BCUT2D eigenvalue weighted by molar-refractivity contribution is 5.63. The Labute approximate surface area is 109 Å². The molecule has 0 aliphatic rings. The fourth-order valence-corrected chi connectivity index (χ4v) is 1.38. The SMILES string of the molecule is C=Cc1ccccc1C=C.C=Cc1ccccn1. The Bertz CT molecular complexity index is 485. The highest BCUT2D eigenvalue weighted by Crippen LogP contribution is 2.10. The number of benzene rings is 1. The monoisotopic (exact) mass is 235 g/mol. The molecule has 0 amide bonds. The average Bonchev–Trinajstić information content (AvgIpc) is 2.48. The molecule has 2 rings (SSSR count). The van der Waals surface area contributed by atoms with Crippen molar-refractivity contribution >= 4 is 18.2 Å². The van der Waals surface area contributed by atoms with Crippen LogP contribution in [0.25, 0.3) is 18.2 Å². The van der Waals surface area contributed by atoms with Gasteiger partial charge in [-0.15, -0.1) is 0 Å². The van der Waals surface area contributed by atoms with Crippen LogP contribution in [0.3, 0.4) is 0 Å². The maximum absolute atomic E-state index is 3.98. The molecule has 1 aromatic heterocycles. The van der Waals surface area contributed by atoms with E-state index in [2.05, 4.69) is 24.7 Å². The quantitative estimate of drug-likeness (QED) is 0.751. The normalized spacial score (nSPS) is 8.67. The van der Waals surface area contributed by atoms with Crippen molar-refractivity contribution < 1.29 is 0 Å². The van der Waals surface area contributed by atoms with Gasteiger partial charge in [0.25, 0.3) is 0 Å². The fourth-order valence-electron chi connectivity index (χ4n) is 1.38. The standard InChI is InChI=1S/C10H10.C7H7N/c1-3-9-7-5-6-8-10(9)4-2;1-2-7-5-3-4-6-8-7/h3-8H,1-2H2;2-6H,1H2. The third-order valence-corrected chi connectivity index (χ3v) is 2.33. The molecule has 0 aliphatic carbocycles. The molecular formula is C17H17N. The Morgan fingerprint density at radius 3 is 1.61 bits per heavy atom. The van der Waals surface area contributed by atoms with Gasteiger partial charge in [-0.1, -0.05) is 62.2 Å². The lowest BCUT2D eigenvalue weighted by Crippen LogP contribution is -1.76. The van der Waals surface area contributed by atoms with Crippen molar-refractivity contribution in [3.63, 3.8) is 0 Å². The summed E-state index contributed by atoms with van der Waals surface area (Å²) in [5, 5.41) is 0. The van der Waals surface area contributed by atoms with Crippen molar-refractivity contribution in [3.8, 4) is 0 Å². The molecule has 0 saturated heterocycles. The predicted molar refractivity (Wildman–Crippen MR) is 81.0 cm³/mol.